The van der Waals surface area contributed by atoms with Gasteiger partial charge in [0.15, 0.2) is 0 Å². The van der Waals surface area contributed by atoms with Crippen molar-refractivity contribution in [2.24, 2.45) is 0 Å². The van der Waals surface area contributed by atoms with Gasteiger partial charge in [-0.05, 0) is 86.6 Å². The van der Waals surface area contributed by atoms with E-state index in [0.717, 1.165) is 12.2 Å². The van der Waals surface area contributed by atoms with E-state index in [1.54, 1.807) is 7.11 Å². The SMILES string of the molecule is COc1ccc2[nH]cc(CCCN3CCC(c4c[nH]c5ccccc45)CC3)c2c1. The average Bonchev–Trinajstić information content (AvgIpc) is 3.38. The molecule has 5 rings (SSSR count). The topological polar surface area (TPSA) is 44.0 Å². The molecule has 0 radical (unpaired) electrons. The minimum Gasteiger partial charge on any atom is -0.497 e. The van der Waals surface area contributed by atoms with Gasteiger partial charge in [0.05, 0.1) is 7.11 Å². The molecule has 4 aromatic rings. The van der Waals surface area contributed by atoms with Gasteiger partial charge in [0.1, 0.15) is 5.75 Å². The van der Waals surface area contributed by atoms with Gasteiger partial charge in [-0.3, -0.25) is 0 Å². The second-order valence-electron chi connectivity index (χ2n) is 8.23. The summed E-state index contributed by atoms with van der Waals surface area (Å²) in [4.78, 5) is 9.48. The lowest BCUT2D eigenvalue weighted by Gasteiger charge is -2.32. The normalized spacial score (nSPS) is 16.0. The van der Waals surface area contributed by atoms with E-state index in [9.17, 15) is 0 Å². The number of fused-ring (bicyclic) bond motifs is 2. The maximum Gasteiger partial charge on any atom is 0.119 e. The van der Waals surface area contributed by atoms with Gasteiger partial charge in [0, 0.05) is 34.2 Å². The van der Waals surface area contributed by atoms with Gasteiger partial charge >= 0.3 is 0 Å². The summed E-state index contributed by atoms with van der Waals surface area (Å²) in [6.07, 6.45) is 9.21. The van der Waals surface area contributed by atoms with Crippen LogP contribution in [0.1, 0.15) is 36.3 Å². The molecule has 1 aliphatic heterocycles. The Morgan fingerprint density at radius 2 is 1.76 bits per heavy atom. The van der Waals surface area contributed by atoms with E-state index in [1.165, 1.54) is 71.8 Å². The lowest BCUT2D eigenvalue weighted by atomic mass is 9.89. The Morgan fingerprint density at radius 1 is 0.966 bits per heavy atom. The Balaban J connectivity index is 1.16. The number of hydrogen-bond acceptors (Lipinski definition) is 2. The lowest BCUT2D eigenvalue weighted by Crippen LogP contribution is -2.33. The molecule has 0 aliphatic carbocycles. The second kappa shape index (κ2) is 7.96. The highest BCUT2D eigenvalue weighted by atomic mass is 16.5. The van der Waals surface area contributed by atoms with Crippen molar-refractivity contribution < 1.29 is 4.74 Å². The molecule has 0 unspecified atom stereocenters. The van der Waals surface area contributed by atoms with Gasteiger partial charge in [-0.1, -0.05) is 18.2 Å². The predicted molar refractivity (Wildman–Crippen MR) is 120 cm³/mol. The van der Waals surface area contributed by atoms with Crippen molar-refractivity contribution in [1.29, 1.82) is 0 Å². The van der Waals surface area contributed by atoms with E-state index in [4.69, 9.17) is 4.74 Å². The van der Waals surface area contributed by atoms with E-state index < -0.39 is 0 Å². The molecule has 2 N–H and O–H groups in total. The van der Waals surface area contributed by atoms with Crippen molar-refractivity contribution in [3.05, 3.63) is 66.0 Å². The van der Waals surface area contributed by atoms with Crippen molar-refractivity contribution in [3.63, 3.8) is 0 Å². The van der Waals surface area contributed by atoms with E-state index in [1.807, 2.05) is 6.07 Å². The molecule has 0 bridgehead atoms. The first kappa shape index (κ1) is 18.3. The first-order chi connectivity index (χ1) is 14.3. The van der Waals surface area contributed by atoms with Crippen LogP contribution in [0.4, 0.5) is 0 Å². The highest BCUT2D eigenvalue weighted by molar-refractivity contribution is 5.85. The Bertz CT molecular complexity index is 1100. The third kappa shape index (κ3) is 3.65. The molecular formula is C25H29N3O. The van der Waals surface area contributed by atoms with Crippen LogP contribution in [0.2, 0.25) is 0 Å². The second-order valence-corrected chi connectivity index (χ2v) is 8.23. The number of ether oxygens (including phenoxy) is 1. The number of piperidine rings is 1. The van der Waals surface area contributed by atoms with Crippen LogP contribution in [0.15, 0.2) is 54.9 Å². The fraction of sp³-hybridized carbons (Fsp3) is 0.360. The van der Waals surface area contributed by atoms with Crippen molar-refractivity contribution in [2.75, 3.05) is 26.7 Å². The summed E-state index contributed by atoms with van der Waals surface area (Å²) in [5, 5.41) is 2.70. The summed E-state index contributed by atoms with van der Waals surface area (Å²) >= 11 is 0. The molecule has 0 spiro atoms. The monoisotopic (exact) mass is 387 g/mol. The van der Waals surface area contributed by atoms with Crippen LogP contribution in [-0.4, -0.2) is 41.6 Å². The van der Waals surface area contributed by atoms with E-state index >= 15 is 0 Å². The fourth-order valence-corrected chi connectivity index (χ4v) is 4.88. The lowest BCUT2D eigenvalue weighted by molar-refractivity contribution is 0.211. The number of aromatic amines is 2. The number of nitrogens with zero attached hydrogens (tertiary/aromatic N) is 1. The summed E-state index contributed by atoms with van der Waals surface area (Å²) in [7, 11) is 1.73. The first-order valence-electron chi connectivity index (χ1n) is 10.7. The highest BCUT2D eigenvalue weighted by Crippen LogP contribution is 2.33. The third-order valence-electron chi connectivity index (χ3n) is 6.54. The molecule has 0 atom stereocenters. The summed E-state index contributed by atoms with van der Waals surface area (Å²) < 4.78 is 5.39. The number of hydrogen-bond donors (Lipinski definition) is 2. The van der Waals surface area contributed by atoms with Crippen LogP contribution in [-0.2, 0) is 6.42 Å². The third-order valence-corrected chi connectivity index (χ3v) is 6.54. The summed E-state index contributed by atoms with van der Waals surface area (Å²) in [5.74, 6) is 1.61. The van der Waals surface area contributed by atoms with Crippen molar-refractivity contribution in [3.8, 4) is 5.75 Å². The van der Waals surface area contributed by atoms with Crippen molar-refractivity contribution in [2.45, 2.75) is 31.6 Å². The van der Waals surface area contributed by atoms with E-state index in [0.29, 0.717) is 5.92 Å². The predicted octanol–water partition coefficient (Wildman–Crippen LogP) is 5.47. The van der Waals surface area contributed by atoms with E-state index in [2.05, 4.69) is 63.7 Å². The average molecular weight is 388 g/mol. The fourth-order valence-electron chi connectivity index (χ4n) is 4.88. The zero-order valence-corrected chi connectivity index (χ0v) is 17.1. The first-order valence-corrected chi connectivity index (χ1v) is 10.7. The zero-order chi connectivity index (χ0) is 19.6. The molecule has 2 aromatic heterocycles. The molecular weight excluding hydrogens is 358 g/mol. The minimum atomic E-state index is 0.684. The molecule has 0 amide bonds. The van der Waals surface area contributed by atoms with Crippen LogP contribution < -0.4 is 4.74 Å². The highest BCUT2D eigenvalue weighted by Gasteiger charge is 2.22. The number of nitrogens with one attached hydrogen (secondary N) is 2. The summed E-state index contributed by atoms with van der Waals surface area (Å²) in [6, 6.07) is 14.9. The number of likely N-dealkylation sites (tertiary alicyclic amines) is 1. The maximum absolute atomic E-state index is 5.39. The molecule has 4 nitrogen and oxygen atoms in total. The van der Waals surface area contributed by atoms with Gasteiger partial charge in [-0.25, -0.2) is 0 Å². The minimum absolute atomic E-state index is 0.684. The molecule has 29 heavy (non-hydrogen) atoms. The number of methoxy groups -OCH3 is 1. The van der Waals surface area contributed by atoms with Gasteiger partial charge < -0.3 is 19.6 Å². The van der Waals surface area contributed by atoms with E-state index in [-0.39, 0.29) is 0 Å². The molecule has 2 aromatic carbocycles. The Labute approximate surface area is 171 Å². The Morgan fingerprint density at radius 3 is 2.62 bits per heavy atom. The molecule has 150 valence electrons. The van der Waals surface area contributed by atoms with Crippen LogP contribution in [0.25, 0.3) is 21.8 Å². The van der Waals surface area contributed by atoms with Gasteiger partial charge in [0.2, 0.25) is 0 Å². The van der Waals surface area contributed by atoms with Gasteiger partial charge in [-0.15, -0.1) is 0 Å². The van der Waals surface area contributed by atoms with Crippen LogP contribution in [0, 0.1) is 0 Å². The van der Waals surface area contributed by atoms with Crippen LogP contribution in [0.5, 0.6) is 5.75 Å². The smallest absolute Gasteiger partial charge is 0.119 e. The Hall–Kier alpha value is -2.72. The van der Waals surface area contributed by atoms with Gasteiger partial charge in [-0.2, -0.15) is 0 Å². The number of H-pyrrole nitrogens is 2. The molecule has 4 heteroatoms. The number of aryl methyl sites for hydroxylation is 1. The number of rotatable bonds is 6. The molecule has 1 saturated heterocycles. The zero-order valence-electron chi connectivity index (χ0n) is 17.1. The maximum atomic E-state index is 5.39. The number of aromatic nitrogens is 2. The Kier molecular flexibility index (Phi) is 5.03. The standard InChI is InChI=1S/C25H29N3O/c1-29-20-8-9-25-22(15-20)19(16-26-25)5-4-12-28-13-10-18(11-14-28)23-17-27-24-7-3-2-6-21(23)24/h2-3,6-9,15-18,26-27H,4-5,10-14H2,1H3. The summed E-state index contributed by atoms with van der Waals surface area (Å²) in [6.45, 7) is 3.58. The van der Waals surface area contributed by atoms with Crippen LogP contribution in [0.3, 0.4) is 0 Å². The quantitative estimate of drug-likeness (QED) is 0.461. The molecule has 3 heterocycles. The molecule has 1 aliphatic rings. The van der Waals surface area contributed by atoms with Crippen molar-refractivity contribution in [1.82, 2.24) is 14.9 Å². The molecule has 0 saturated carbocycles. The van der Waals surface area contributed by atoms with Crippen molar-refractivity contribution >= 4 is 21.8 Å². The molecule has 1 fully saturated rings. The number of benzene rings is 2. The number of para-hydroxylation sites is 1. The largest absolute Gasteiger partial charge is 0.497 e. The van der Waals surface area contributed by atoms with Gasteiger partial charge in [0.25, 0.3) is 0 Å². The van der Waals surface area contributed by atoms with Crippen LogP contribution >= 0.6 is 0 Å². The summed E-state index contributed by atoms with van der Waals surface area (Å²) in [5.41, 5.74) is 5.36.